The molecule has 0 radical (unpaired) electrons. The SMILES string of the molecule is Nc1nc(-c2csnn2)nc2cc(-c3ccccc3)nn12. The Morgan fingerprint density at radius 1 is 1.05 bits per heavy atom. The predicted molar refractivity (Wildman–Crippen MR) is 79.5 cm³/mol. The third-order valence-electron chi connectivity index (χ3n) is 3.01. The van der Waals surface area contributed by atoms with Gasteiger partial charge in [-0.05, 0) is 11.5 Å². The van der Waals surface area contributed by atoms with Gasteiger partial charge in [0.1, 0.15) is 5.69 Å². The van der Waals surface area contributed by atoms with Crippen molar-refractivity contribution in [2.24, 2.45) is 0 Å². The lowest BCUT2D eigenvalue weighted by atomic mass is 10.2. The summed E-state index contributed by atoms with van der Waals surface area (Å²) in [6.07, 6.45) is 0. The molecule has 0 saturated heterocycles. The second-order valence-corrected chi connectivity index (χ2v) is 4.97. The zero-order valence-corrected chi connectivity index (χ0v) is 11.5. The van der Waals surface area contributed by atoms with E-state index in [-0.39, 0.29) is 5.95 Å². The highest BCUT2D eigenvalue weighted by Gasteiger charge is 2.12. The number of hydrogen-bond acceptors (Lipinski definition) is 7. The molecule has 0 fully saturated rings. The Morgan fingerprint density at radius 3 is 2.67 bits per heavy atom. The van der Waals surface area contributed by atoms with Crippen molar-refractivity contribution in [3.8, 4) is 22.8 Å². The van der Waals surface area contributed by atoms with Gasteiger partial charge in [0.15, 0.2) is 11.5 Å². The molecule has 102 valence electrons. The van der Waals surface area contributed by atoms with Crippen LogP contribution in [0, 0.1) is 0 Å². The van der Waals surface area contributed by atoms with Crippen molar-refractivity contribution >= 4 is 23.1 Å². The number of nitrogens with zero attached hydrogens (tertiary/aromatic N) is 6. The van der Waals surface area contributed by atoms with Crippen molar-refractivity contribution < 1.29 is 0 Å². The van der Waals surface area contributed by atoms with Crippen LogP contribution in [0.5, 0.6) is 0 Å². The molecule has 8 heteroatoms. The van der Waals surface area contributed by atoms with Crippen LogP contribution in [0.15, 0.2) is 41.8 Å². The Hall–Kier alpha value is -2.87. The summed E-state index contributed by atoms with van der Waals surface area (Å²) in [5.41, 5.74) is 8.99. The number of anilines is 1. The van der Waals surface area contributed by atoms with Gasteiger partial charge in [0.05, 0.1) is 5.69 Å². The molecular weight excluding hydrogens is 286 g/mol. The van der Waals surface area contributed by atoms with Crippen molar-refractivity contribution in [1.29, 1.82) is 0 Å². The molecule has 7 nitrogen and oxygen atoms in total. The topological polar surface area (TPSA) is 94.9 Å². The van der Waals surface area contributed by atoms with E-state index in [1.807, 2.05) is 36.4 Å². The number of aromatic nitrogens is 6. The van der Waals surface area contributed by atoms with Crippen molar-refractivity contribution in [3.05, 3.63) is 41.8 Å². The molecule has 0 aliphatic rings. The lowest BCUT2D eigenvalue weighted by Gasteiger charge is -1.99. The van der Waals surface area contributed by atoms with Crippen LogP contribution in [-0.4, -0.2) is 29.2 Å². The molecule has 0 saturated carbocycles. The zero-order valence-electron chi connectivity index (χ0n) is 10.7. The number of fused-ring (bicyclic) bond motifs is 1. The molecule has 0 atom stereocenters. The fourth-order valence-corrected chi connectivity index (χ4v) is 2.47. The zero-order chi connectivity index (χ0) is 14.2. The van der Waals surface area contributed by atoms with Gasteiger partial charge in [0.25, 0.3) is 0 Å². The lowest BCUT2D eigenvalue weighted by molar-refractivity contribution is 0.912. The summed E-state index contributed by atoms with van der Waals surface area (Å²) in [6, 6.07) is 11.7. The van der Waals surface area contributed by atoms with Crippen LogP contribution in [-0.2, 0) is 0 Å². The van der Waals surface area contributed by atoms with E-state index < -0.39 is 0 Å². The first-order valence-electron chi connectivity index (χ1n) is 6.17. The van der Waals surface area contributed by atoms with E-state index in [0.717, 1.165) is 11.3 Å². The number of benzene rings is 1. The van der Waals surface area contributed by atoms with E-state index in [2.05, 4.69) is 24.7 Å². The monoisotopic (exact) mass is 295 g/mol. The molecule has 1 aromatic carbocycles. The number of nitrogen functional groups attached to an aromatic ring is 1. The minimum Gasteiger partial charge on any atom is -0.368 e. The second kappa shape index (κ2) is 4.60. The van der Waals surface area contributed by atoms with Gasteiger partial charge in [-0.3, -0.25) is 0 Å². The largest absolute Gasteiger partial charge is 0.368 e. The average molecular weight is 295 g/mol. The molecule has 4 aromatic rings. The van der Waals surface area contributed by atoms with Crippen LogP contribution in [0.1, 0.15) is 0 Å². The first kappa shape index (κ1) is 11.9. The van der Waals surface area contributed by atoms with E-state index in [1.165, 1.54) is 16.0 Å². The molecule has 0 amide bonds. The fraction of sp³-hybridized carbons (Fsp3) is 0. The molecule has 0 spiro atoms. The van der Waals surface area contributed by atoms with Crippen molar-refractivity contribution in [1.82, 2.24) is 29.2 Å². The Balaban J connectivity index is 1.90. The van der Waals surface area contributed by atoms with Gasteiger partial charge in [-0.25, -0.2) is 4.98 Å². The minimum absolute atomic E-state index is 0.269. The van der Waals surface area contributed by atoms with Gasteiger partial charge in [-0.15, -0.1) is 5.10 Å². The molecule has 3 aromatic heterocycles. The quantitative estimate of drug-likeness (QED) is 0.607. The molecule has 0 bridgehead atoms. The van der Waals surface area contributed by atoms with Crippen molar-refractivity contribution in [2.75, 3.05) is 5.73 Å². The first-order chi connectivity index (χ1) is 10.3. The number of hydrogen-bond donors (Lipinski definition) is 1. The summed E-state index contributed by atoms with van der Waals surface area (Å²) >= 11 is 1.24. The molecule has 3 heterocycles. The van der Waals surface area contributed by atoms with Crippen LogP contribution in [0.2, 0.25) is 0 Å². The Morgan fingerprint density at radius 2 is 1.90 bits per heavy atom. The van der Waals surface area contributed by atoms with Crippen LogP contribution in [0.3, 0.4) is 0 Å². The standard InChI is InChI=1S/C13H9N7S/c14-13-16-12(10-7-21-19-17-10)15-11-6-9(18-20(11)13)8-4-2-1-3-5-8/h1-7H,(H2,14,15,16). The lowest BCUT2D eigenvalue weighted by Crippen LogP contribution is -2.05. The summed E-state index contributed by atoms with van der Waals surface area (Å²) in [5.74, 6) is 0.721. The molecule has 21 heavy (non-hydrogen) atoms. The third kappa shape index (κ3) is 2.01. The summed E-state index contributed by atoms with van der Waals surface area (Å²) < 4.78 is 5.33. The van der Waals surface area contributed by atoms with E-state index >= 15 is 0 Å². The maximum Gasteiger partial charge on any atom is 0.225 e. The molecule has 0 aliphatic carbocycles. The van der Waals surface area contributed by atoms with Gasteiger partial charge in [-0.1, -0.05) is 34.8 Å². The Bertz CT molecular complexity index is 899. The van der Waals surface area contributed by atoms with Crippen LogP contribution >= 0.6 is 11.5 Å². The summed E-state index contributed by atoms with van der Waals surface area (Å²) in [7, 11) is 0. The molecule has 4 rings (SSSR count). The first-order valence-corrected chi connectivity index (χ1v) is 7.01. The van der Waals surface area contributed by atoms with Crippen LogP contribution < -0.4 is 5.73 Å². The average Bonchev–Trinajstić information content (AvgIpc) is 3.17. The van der Waals surface area contributed by atoms with E-state index in [0.29, 0.717) is 17.2 Å². The van der Waals surface area contributed by atoms with Gasteiger partial charge in [0.2, 0.25) is 5.95 Å². The van der Waals surface area contributed by atoms with Crippen LogP contribution in [0.4, 0.5) is 5.95 Å². The molecular formula is C13H9N7S. The van der Waals surface area contributed by atoms with Crippen LogP contribution in [0.25, 0.3) is 28.4 Å². The van der Waals surface area contributed by atoms with Gasteiger partial charge in [0, 0.05) is 17.0 Å². The Labute approximate surface area is 123 Å². The third-order valence-corrected chi connectivity index (χ3v) is 3.51. The number of rotatable bonds is 2. The normalized spacial score (nSPS) is 11.0. The van der Waals surface area contributed by atoms with E-state index in [4.69, 9.17) is 5.73 Å². The van der Waals surface area contributed by atoms with E-state index in [1.54, 1.807) is 5.38 Å². The summed E-state index contributed by atoms with van der Waals surface area (Å²) in [4.78, 5) is 8.66. The maximum absolute atomic E-state index is 5.96. The highest BCUT2D eigenvalue weighted by molar-refractivity contribution is 7.03. The van der Waals surface area contributed by atoms with Crippen molar-refractivity contribution in [2.45, 2.75) is 0 Å². The molecule has 0 unspecified atom stereocenters. The maximum atomic E-state index is 5.96. The van der Waals surface area contributed by atoms with Gasteiger partial charge < -0.3 is 5.73 Å². The smallest absolute Gasteiger partial charge is 0.225 e. The highest BCUT2D eigenvalue weighted by Crippen LogP contribution is 2.21. The van der Waals surface area contributed by atoms with Gasteiger partial charge in [-0.2, -0.15) is 14.6 Å². The number of nitrogens with two attached hydrogens (primary N) is 1. The predicted octanol–water partition coefficient (Wildman–Crippen LogP) is 1.89. The second-order valence-electron chi connectivity index (χ2n) is 4.36. The minimum atomic E-state index is 0.269. The molecule has 2 N–H and O–H groups in total. The fourth-order valence-electron chi connectivity index (χ4n) is 2.04. The summed E-state index contributed by atoms with van der Waals surface area (Å²) in [5, 5.41) is 10.2. The van der Waals surface area contributed by atoms with Crippen molar-refractivity contribution in [3.63, 3.8) is 0 Å². The van der Waals surface area contributed by atoms with E-state index in [9.17, 15) is 0 Å². The summed E-state index contributed by atoms with van der Waals surface area (Å²) in [6.45, 7) is 0. The Kier molecular flexibility index (Phi) is 2.61. The molecule has 0 aliphatic heterocycles. The highest BCUT2D eigenvalue weighted by atomic mass is 32.1. The van der Waals surface area contributed by atoms with Gasteiger partial charge >= 0.3 is 0 Å².